The molecule has 0 unspecified atom stereocenters. The number of nitrogens with two attached hydrogens (primary N) is 1. The second-order valence-electron chi connectivity index (χ2n) is 3.85. The first kappa shape index (κ1) is 12.2. The van der Waals surface area contributed by atoms with Crippen LogP contribution in [-0.4, -0.2) is 5.16 Å². The number of thiophene rings is 1. The summed E-state index contributed by atoms with van der Waals surface area (Å²) in [6.07, 6.45) is 0. The third-order valence-electron chi connectivity index (χ3n) is 2.68. The summed E-state index contributed by atoms with van der Waals surface area (Å²) in [5.74, 6) is -0.0186. The van der Waals surface area contributed by atoms with Crippen LogP contribution >= 0.6 is 22.9 Å². The molecule has 1 aromatic carbocycles. The highest BCUT2D eigenvalue weighted by atomic mass is 35.5. The Hall–Kier alpha value is -1.85. The van der Waals surface area contributed by atoms with Crippen LogP contribution in [0.4, 0.5) is 10.2 Å². The van der Waals surface area contributed by atoms with Crippen LogP contribution in [-0.2, 0) is 0 Å². The maximum Gasteiger partial charge on any atom is 0.180 e. The zero-order valence-electron chi connectivity index (χ0n) is 9.56. The van der Waals surface area contributed by atoms with E-state index in [1.807, 2.05) is 17.5 Å². The van der Waals surface area contributed by atoms with Gasteiger partial charge in [-0.2, -0.15) is 0 Å². The van der Waals surface area contributed by atoms with Crippen LogP contribution in [0.1, 0.15) is 0 Å². The summed E-state index contributed by atoms with van der Waals surface area (Å²) in [5.41, 5.74) is 6.65. The van der Waals surface area contributed by atoms with E-state index in [2.05, 4.69) is 5.16 Å². The Morgan fingerprint density at radius 1 is 1.26 bits per heavy atom. The Balaban J connectivity index is 2.25. The van der Waals surface area contributed by atoms with Crippen molar-refractivity contribution < 1.29 is 8.91 Å². The molecule has 0 amide bonds. The first-order chi connectivity index (χ1) is 9.18. The van der Waals surface area contributed by atoms with Crippen molar-refractivity contribution in [2.45, 2.75) is 0 Å². The van der Waals surface area contributed by atoms with E-state index in [4.69, 9.17) is 21.9 Å². The molecule has 3 nitrogen and oxygen atoms in total. The normalized spacial score (nSPS) is 10.8. The molecular formula is C13H8ClFN2OS. The van der Waals surface area contributed by atoms with Gasteiger partial charge in [0.25, 0.3) is 0 Å². The molecule has 96 valence electrons. The Kier molecular flexibility index (Phi) is 3.00. The lowest BCUT2D eigenvalue weighted by molar-refractivity contribution is 0.433. The number of anilines is 1. The molecule has 0 saturated carbocycles. The Labute approximate surface area is 117 Å². The van der Waals surface area contributed by atoms with Crippen molar-refractivity contribution in [2.75, 3.05) is 5.73 Å². The summed E-state index contributed by atoms with van der Waals surface area (Å²) in [6.45, 7) is 0. The molecule has 3 aromatic rings. The van der Waals surface area contributed by atoms with Gasteiger partial charge in [-0.05, 0) is 23.6 Å². The number of aromatic nitrogens is 1. The SMILES string of the molecule is Nc1noc(-c2cccc(Cl)c2F)c1-c1cccs1. The third-order valence-corrected chi connectivity index (χ3v) is 3.86. The lowest BCUT2D eigenvalue weighted by atomic mass is 10.1. The van der Waals surface area contributed by atoms with E-state index < -0.39 is 5.82 Å². The van der Waals surface area contributed by atoms with Crippen molar-refractivity contribution in [2.24, 2.45) is 0 Å². The maximum absolute atomic E-state index is 14.1. The molecule has 0 atom stereocenters. The van der Waals surface area contributed by atoms with Crippen molar-refractivity contribution in [1.29, 1.82) is 0 Å². The average molecular weight is 295 g/mol. The second kappa shape index (κ2) is 4.68. The lowest BCUT2D eigenvalue weighted by Gasteiger charge is -2.03. The molecule has 0 aliphatic carbocycles. The van der Waals surface area contributed by atoms with Crippen molar-refractivity contribution in [1.82, 2.24) is 5.16 Å². The number of hydrogen-bond donors (Lipinski definition) is 1. The summed E-state index contributed by atoms with van der Waals surface area (Å²) in [5, 5.41) is 5.65. The van der Waals surface area contributed by atoms with Crippen molar-refractivity contribution >= 4 is 28.8 Å². The summed E-state index contributed by atoms with van der Waals surface area (Å²) in [4.78, 5) is 0.869. The molecule has 19 heavy (non-hydrogen) atoms. The van der Waals surface area contributed by atoms with E-state index in [0.717, 1.165) is 4.88 Å². The van der Waals surface area contributed by atoms with Gasteiger partial charge >= 0.3 is 0 Å². The molecule has 6 heteroatoms. The fourth-order valence-corrected chi connectivity index (χ4v) is 2.77. The Bertz CT molecular complexity index is 724. The van der Waals surface area contributed by atoms with Gasteiger partial charge in [0.1, 0.15) is 0 Å². The van der Waals surface area contributed by atoms with Crippen LogP contribution in [0.15, 0.2) is 40.2 Å². The predicted molar refractivity (Wildman–Crippen MR) is 74.6 cm³/mol. The minimum atomic E-state index is -0.543. The molecule has 0 spiro atoms. The van der Waals surface area contributed by atoms with E-state index in [1.165, 1.54) is 17.4 Å². The lowest BCUT2D eigenvalue weighted by Crippen LogP contribution is -1.89. The average Bonchev–Trinajstić information content (AvgIpc) is 3.02. The smallest absolute Gasteiger partial charge is 0.180 e. The van der Waals surface area contributed by atoms with Crippen molar-refractivity contribution in [3.63, 3.8) is 0 Å². The molecule has 0 bridgehead atoms. The fraction of sp³-hybridized carbons (Fsp3) is 0. The summed E-state index contributed by atoms with van der Waals surface area (Å²) in [7, 11) is 0. The molecule has 3 rings (SSSR count). The zero-order valence-corrected chi connectivity index (χ0v) is 11.1. The number of benzene rings is 1. The number of halogens is 2. The fourth-order valence-electron chi connectivity index (χ4n) is 1.82. The van der Waals surface area contributed by atoms with E-state index in [-0.39, 0.29) is 16.4 Å². The molecular weight excluding hydrogens is 287 g/mol. The van der Waals surface area contributed by atoms with Gasteiger partial charge in [-0.1, -0.05) is 28.9 Å². The Morgan fingerprint density at radius 3 is 2.84 bits per heavy atom. The van der Waals surface area contributed by atoms with Gasteiger partial charge in [-0.25, -0.2) is 4.39 Å². The van der Waals surface area contributed by atoms with Gasteiger partial charge in [0, 0.05) is 4.88 Å². The van der Waals surface area contributed by atoms with Crippen LogP contribution in [0, 0.1) is 5.82 Å². The topological polar surface area (TPSA) is 52.0 Å². The van der Waals surface area contributed by atoms with E-state index in [9.17, 15) is 4.39 Å². The predicted octanol–water partition coefficient (Wildman–Crippen LogP) is 4.44. The number of hydrogen-bond acceptors (Lipinski definition) is 4. The monoisotopic (exact) mass is 294 g/mol. The molecule has 0 saturated heterocycles. The van der Waals surface area contributed by atoms with E-state index in [1.54, 1.807) is 12.1 Å². The molecule has 0 fully saturated rings. The van der Waals surface area contributed by atoms with Crippen LogP contribution in [0.2, 0.25) is 5.02 Å². The van der Waals surface area contributed by atoms with Gasteiger partial charge in [-0.3, -0.25) is 0 Å². The highest BCUT2D eigenvalue weighted by Gasteiger charge is 2.21. The highest BCUT2D eigenvalue weighted by molar-refractivity contribution is 7.13. The van der Waals surface area contributed by atoms with Gasteiger partial charge in [0.2, 0.25) is 0 Å². The standard InChI is InChI=1S/C13H8ClFN2OS/c14-8-4-1-3-7(11(8)15)12-10(13(16)17-18-12)9-5-2-6-19-9/h1-6H,(H2,16,17). The van der Waals surface area contributed by atoms with Gasteiger partial charge < -0.3 is 10.3 Å². The molecule has 2 N–H and O–H groups in total. The largest absolute Gasteiger partial charge is 0.380 e. The summed E-state index contributed by atoms with van der Waals surface area (Å²) < 4.78 is 19.2. The summed E-state index contributed by atoms with van der Waals surface area (Å²) >= 11 is 7.26. The minimum absolute atomic E-state index is 0.0320. The van der Waals surface area contributed by atoms with Crippen LogP contribution < -0.4 is 5.73 Å². The number of nitrogens with zero attached hydrogens (tertiary/aromatic N) is 1. The van der Waals surface area contributed by atoms with E-state index >= 15 is 0 Å². The molecule has 2 heterocycles. The Morgan fingerprint density at radius 2 is 2.11 bits per heavy atom. The van der Waals surface area contributed by atoms with Crippen LogP contribution in [0.5, 0.6) is 0 Å². The quantitative estimate of drug-likeness (QED) is 0.760. The number of nitrogen functional groups attached to an aromatic ring is 1. The summed E-state index contributed by atoms with van der Waals surface area (Å²) in [6, 6.07) is 8.46. The molecule has 0 aliphatic heterocycles. The van der Waals surface area contributed by atoms with Crippen LogP contribution in [0.25, 0.3) is 21.8 Å². The molecule has 2 aromatic heterocycles. The third kappa shape index (κ3) is 2.01. The van der Waals surface area contributed by atoms with Gasteiger partial charge in [-0.15, -0.1) is 11.3 Å². The van der Waals surface area contributed by atoms with E-state index in [0.29, 0.717) is 11.3 Å². The highest BCUT2D eigenvalue weighted by Crippen LogP contribution is 2.40. The van der Waals surface area contributed by atoms with Crippen molar-refractivity contribution in [3.8, 4) is 21.8 Å². The van der Waals surface area contributed by atoms with Crippen LogP contribution in [0.3, 0.4) is 0 Å². The molecule has 0 radical (unpaired) electrons. The second-order valence-corrected chi connectivity index (χ2v) is 5.21. The van der Waals surface area contributed by atoms with Gasteiger partial charge in [0.05, 0.1) is 16.1 Å². The molecule has 0 aliphatic rings. The first-order valence-corrected chi connectivity index (χ1v) is 6.67. The first-order valence-electron chi connectivity index (χ1n) is 5.42. The van der Waals surface area contributed by atoms with Crippen molar-refractivity contribution in [3.05, 3.63) is 46.6 Å². The zero-order chi connectivity index (χ0) is 13.4. The minimum Gasteiger partial charge on any atom is -0.380 e. The number of rotatable bonds is 2. The maximum atomic E-state index is 14.1. The van der Waals surface area contributed by atoms with Gasteiger partial charge in [0.15, 0.2) is 17.4 Å².